The molecule has 3 rings (SSSR count). The van der Waals surface area contributed by atoms with Crippen LogP contribution < -0.4 is 16.2 Å². The fourth-order valence-corrected chi connectivity index (χ4v) is 2.40. The number of halogens is 1. The Bertz CT molecular complexity index is 727. The number of carbonyl (C=O) groups excluding carboxylic acids is 1. The molecule has 1 amide bonds. The van der Waals surface area contributed by atoms with Crippen molar-refractivity contribution in [2.75, 3.05) is 13.1 Å². The Morgan fingerprint density at radius 3 is 2.86 bits per heavy atom. The van der Waals surface area contributed by atoms with E-state index in [-0.39, 0.29) is 35.8 Å². The molecule has 1 aromatic heterocycles. The first-order valence-corrected chi connectivity index (χ1v) is 7.11. The minimum absolute atomic E-state index is 0. The highest BCUT2D eigenvalue weighted by Crippen LogP contribution is 2.07. The quantitative estimate of drug-likeness (QED) is 0.861. The Balaban J connectivity index is 0.00000176. The van der Waals surface area contributed by atoms with Gasteiger partial charge >= 0.3 is 0 Å². The molecule has 0 saturated carbocycles. The topological polar surface area (TPSA) is 76.0 Å². The number of amides is 1. The zero-order valence-corrected chi connectivity index (χ0v) is 13.1. The van der Waals surface area contributed by atoms with Crippen LogP contribution in [-0.2, 0) is 11.3 Å². The van der Waals surface area contributed by atoms with E-state index in [0.717, 1.165) is 18.5 Å². The van der Waals surface area contributed by atoms with Gasteiger partial charge in [0.2, 0.25) is 5.91 Å². The van der Waals surface area contributed by atoms with Gasteiger partial charge in [-0.05, 0) is 13.0 Å². The summed E-state index contributed by atoms with van der Waals surface area (Å²) in [5, 5.41) is 11.6. The van der Waals surface area contributed by atoms with Gasteiger partial charge in [0.25, 0.3) is 5.56 Å². The van der Waals surface area contributed by atoms with Crippen molar-refractivity contribution in [2.24, 2.45) is 5.92 Å². The zero-order chi connectivity index (χ0) is 14.8. The maximum Gasteiger partial charge on any atom is 0.274 e. The summed E-state index contributed by atoms with van der Waals surface area (Å²) in [6.45, 7) is 3.71. The summed E-state index contributed by atoms with van der Waals surface area (Å²) in [4.78, 5) is 24.2. The van der Waals surface area contributed by atoms with Gasteiger partial charge in [-0.2, -0.15) is 5.10 Å². The second-order valence-electron chi connectivity index (χ2n) is 5.48. The molecule has 2 N–H and O–H groups in total. The van der Waals surface area contributed by atoms with Gasteiger partial charge < -0.3 is 10.6 Å². The lowest BCUT2D eigenvalue weighted by Gasteiger charge is -2.27. The summed E-state index contributed by atoms with van der Waals surface area (Å²) in [7, 11) is 0. The first-order valence-electron chi connectivity index (χ1n) is 7.11. The molecule has 1 aromatic carbocycles. The van der Waals surface area contributed by atoms with Crippen LogP contribution in [0.15, 0.2) is 35.3 Å². The predicted molar refractivity (Wildman–Crippen MR) is 87.2 cm³/mol. The Hall–Kier alpha value is -1.92. The molecule has 0 aliphatic carbocycles. The van der Waals surface area contributed by atoms with Crippen LogP contribution in [0.25, 0.3) is 10.8 Å². The van der Waals surface area contributed by atoms with Crippen LogP contribution in [-0.4, -0.2) is 34.8 Å². The number of nitrogens with one attached hydrogen (secondary N) is 2. The summed E-state index contributed by atoms with van der Waals surface area (Å²) >= 11 is 0. The van der Waals surface area contributed by atoms with E-state index in [0.29, 0.717) is 11.9 Å². The van der Waals surface area contributed by atoms with Crippen LogP contribution >= 0.6 is 12.4 Å². The minimum atomic E-state index is -0.135. The first-order chi connectivity index (χ1) is 10.1. The number of fused-ring (bicyclic) bond motifs is 1. The van der Waals surface area contributed by atoms with Gasteiger partial charge in [-0.1, -0.05) is 18.2 Å². The average molecular weight is 323 g/mol. The Kier molecular flexibility index (Phi) is 5.15. The molecule has 2 heterocycles. The molecule has 0 radical (unpaired) electrons. The van der Waals surface area contributed by atoms with Crippen molar-refractivity contribution in [3.8, 4) is 0 Å². The molecular formula is C15H19ClN4O2. The normalized spacial score (nSPS) is 15.7. The minimum Gasteiger partial charge on any atom is -0.351 e. The third-order valence-electron chi connectivity index (χ3n) is 3.75. The fourth-order valence-electron chi connectivity index (χ4n) is 2.40. The van der Waals surface area contributed by atoms with Crippen LogP contribution in [0.2, 0.25) is 0 Å². The molecule has 6 nitrogen and oxygen atoms in total. The molecular weight excluding hydrogens is 304 g/mol. The summed E-state index contributed by atoms with van der Waals surface area (Å²) in [5.41, 5.74) is -0.125. The van der Waals surface area contributed by atoms with Gasteiger partial charge in [0.05, 0.1) is 24.0 Å². The maximum absolute atomic E-state index is 12.3. The van der Waals surface area contributed by atoms with Gasteiger partial charge in [0, 0.05) is 24.5 Å². The number of hydrogen-bond acceptors (Lipinski definition) is 4. The molecule has 22 heavy (non-hydrogen) atoms. The maximum atomic E-state index is 12.3. The smallest absolute Gasteiger partial charge is 0.274 e. The molecule has 1 aliphatic heterocycles. The second-order valence-corrected chi connectivity index (χ2v) is 5.48. The van der Waals surface area contributed by atoms with Crippen LogP contribution in [0, 0.1) is 5.92 Å². The molecule has 1 fully saturated rings. The average Bonchev–Trinajstić information content (AvgIpc) is 2.40. The number of hydrogen-bond donors (Lipinski definition) is 2. The molecule has 0 spiro atoms. The molecule has 1 saturated heterocycles. The SMILES string of the molecule is CC(Cn1ncc2ccccc2c1=O)NC(=O)C1CNC1.Cl. The number of rotatable bonds is 4. The summed E-state index contributed by atoms with van der Waals surface area (Å²) in [6.07, 6.45) is 1.68. The van der Waals surface area contributed by atoms with Gasteiger partial charge in [0.1, 0.15) is 0 Å². The van der Waals surface area contributed by atoms with Crippen molar-refractivity contribution in [2.45, 2.75) is 19.5 Å². The molecule has 7 heteroatoms. The lowest BCUT2D eigenvalue weighted by Crippen LogP contribution is -2.53. The van der Waals surface area contributed by atoms with Crippen molar-refractivity contribution < 1.29 is 4.79 Å². The van der Waals surface area contributed by atoms with Crippen molar-refractivity contribution in [1.29, 1.82) is 0 Å². The Morgan fingerprint density at radius 2 is 2.18 bits per heavy atom. The molecule has 1 aliphatic rings. The second kappa shape index (κ2) is 6.89. The van der Waals surface area contributed by atoms with Crippen molar-refractivity contribution in [1.82, 2.24) is 20.4 Å². The summed E-state index contributed by atoms with van der Waals surface area (Å²) in [5.74, 6) is 0.0869. The molecule has 1 atom stereocenters. The monoisotopic (exact) mass is 322 g/mol. The van der Waals surface area contributed by atoms with Gasteiger partial charge in [-0.3, -0.25) is 9.59 Å². The number of carbonyl (C=O) groups is 1. The number of aromatic nitrogens is 2. The third-order valence-corrected chi connectivity index (χ3v) is 3.75. The Morgan fingerprint density at radius 1 is 1.45 bits per heavy atom. The Labute approximate surface area is 134 Å². The van der Waals surface area contributed by atoms with Gasteiger partial charge in [0.15, 0.2) is 0 Å². The zero-order valence-electron chi connectivity index (χ0n) is 12.3. The first kappa shape index (κ1) is 16.5. The largest absolute Gasteiger partial charge is 0.351 e. The van der Waals surface area contributed by atoms with Gasteiger partial charge in [-0.25, -0.2) is 4.68 Å². The standard InChI is InChI=1S/C15H18N4O2.ClH/c1-10(18-14(20)12-6-16-7-12)9-19-15(21)13-5-3-2-4-11(13)8-17-19;/h2-5,8,10,12,16H,6-7,9H2,1H3,(H,18,20);1H. The van der Waals surface area contributed by atoms with E-state index < -0.39 is 0 Å². The van der Waals surface area contributed by atoms with Crippen molar-refractivity contribution in [3.63, 3.8) is 0 Å². The highest BCUT2D eigenvalue weighted by atomic mass is 35.5. The van der Waals surface area contributed by atoms with Crippen LogP contribution in [0.3, 0.4) is 0 Å². The van der Waals surface area contributed by atoms with E-state index in [1.165, 1.54) is 4.68 Å². The predicted octanol–water partition coefficient (Wildman–Crippen LogP) is 0.542. The van der Waals surface area contributed by atoms with E-state index in [1.807, 2.05) is 25.1 Å². The lowest BCUT2D eigenvalue weighted by atomic mass is 10.0. The molecule has 0 bridgehead atoms. The van der Waals surface area contributed by atoms with E-state index in [9.17, 15) is 9.59 Å². The van der Waals surface area contributed by atoms with Gasteiger partial charge in [-0.15, -0.1) is 12.4 Å². The summed E-state index contributed by atoms with van der Waals surface area (Å²) < 4.78 is 1.41. The van der Waals surface area contributed by atoms with E-state index in [4.69, 9.17) is 0 Å². The number of benzene rings is 1. The lowest BCUT2D eigenvalue weighted by molar-refractivity contribution is -0.127. The number of nitrogens with zero attached hydrogens (tertiary/aromatic N) is 2. The van der Waals surface area contributed by atoms with Crippen LogP contribution in [0.4, 0.5) is 0 Å². The third kappa shape index (κ3) is 3.28. The van der Waals surface area contributed by atoms with Crippen LogP contribution in [0.1, 0.15) is 6.92 Å². The molecule has 2 aromatic rings. The molecule has 1 unspecified atom stereocenters. The molecule has 118 valence electrons. The fraction of sp³-hybridized carbons (Fsp3) is 0.400. The van der Waals surface area contributed by atoms with Crippen LogP contribution in [0.5, 0.6) is 0 Å². The highest BCUT2D eigenvalue weighted by Gasteiger charge is 2.25. The van der Waals surface area contributed by atoms with E-state index in [1.54, 1.807) is 12.3 Å². The van der Waals surface area contributed by atoms with E-state index in [2.05, 4.69) is 15.7 Å². The van der Waals surface area contributed by atoms with Crippen molar-refractivity contribution in [3.05, 3.63) is 40.8 Å². The summed E-state index contributed by atoms with van der Waals surface area (Å²) in [6, 6.07) is 7.23. The van der Waals surface area contributed by atoms with Crippen molar-refractivity contribution >= 4 is 29.1 Å². The van der Waals surface area contributed by atoms with E-state index >= 15 is 0 Å². The highest BCUT2D eigenvalue weighted by molar-refractivity contribution is 5.85.